The molecule has 9 heteroatoms. The SMILES string of the molecule is NNCS(=O)(=O)O.O=C(O)c1ccncc1. The zero-order valence-corrected chi connectivity index (χ0v) is 8.88. The van der Waals surface area contributed by atoms with Crippen molar-refractivity contribution in [2.45, 2.75) is 0 Å². The molecule has 0 atom stereocenters. The number of carboxylic acid groups (broad SMARTS) is 1. The summed E-state index contributed by atoms with van der Waals surface area (Å²) in [6, 6.07) is 2.89. The zero-order chi connectivity index (χ0) is 12.6. The highest BCUT2D eigenvalue weighted by atomic mass is 32.2. The van der Waals surface area contributed by atoms with Crippen molar-refractivity contribution in [1.29, 1.82) is 0 Å². The maximum Gasteiger partial charge on any atom is 0.335 e. The number of aromatic nitrogens is 1. The van der Waals surface area contributed by atoms with Crippen LogP contribution in [-0.4, -0.2) is 34.9 Å². The van der Waals surface area contributed by atoms with Crippen LogP contribution in [0.4, 0.5) is 0 Å². The van der Waals surface area contributed by atoms with Gasteiger partial charge in [0.15, 0.2) is 0 Å². The summed E-state index contributed by atoms with van der Waals surface area (Å²) in [5, 5.41) is 8.36. The van der Waals surface area contributed by atoms with Crippen LogP contribution >= 0.6 is 0 Å². The van der Waals surface area contributed by atoms with Gasteiger partial charge in [0.25, 0.3) is 10.1 Å². The van der Waals surface area contributed by atoms with Crippen molar-refractivity contribution in [3.8, 4) is 0 Å². The van der Waals surface area contributed by atoms with E-state index in [-0.39, 0.29) is 5.56 Å². The maximum atomic E-state index is 10.2. The van der Waals surface area contributed by atoms with Gasteiger partial charge in [0.05, 0.1) is 5.56 Å². The Morgan fingerprint density at radius 3 is 2.12 bits per heavy atom. The van der Waals surface area contributed by atoms with Crippen molar-refractivity contribution in [1.82, 2.24) is 10.4 Å². The molecule has 8 nitrogen and oxygen atoms in total. The number of hydrogen-bond acceptors (Lipinski definition) is 6. The lowest BCUT2D eigenvalue weighted by Gasteiger charge is -1.89. The van der Waals surface area contributed by atoms with Gasteiger partial charge < -0.3 is 5.11 Å². The molecule has 0 saturated carbocycles. The van der Waals surface area contributed by atoms with E-state index in [4.69, 9.17) is 9.66 Å². The molecular weight excluding hydrogens is 238 g/mol. The third kappa shape index (κ3) is 7.82. The van der Waals surface area contributed by atoms with E-state index in [9.17, 15) is 13.2 Å². The van der Waals surface area contributed by atoms with E-state index in [1.54, 1.807) is 5.43 Å². The van der Waals surface area contributed by atoms with Gasteiger partial charge in [0.1, 0.15) is 5.88 Å². The first-order valence-electron chi connectivity index (χ1n) is 3.88. The minimum atomic E-state index is -3.91. The highest BCUT2D eigenvalue weighted by Crippen LogP contribution is 1.93. The first-order chi connectivity index (χ1) is 7.37. The molecule has 0 aliphatic rings. The fraction of sp³-hybridized carbons (Fsp3) is 0.143. The van der Waals surface area contributed by atoms with Gasteiger partial charge in [-0.05, 0) is 12.1 Å². The lowest BCUT2D eigenvalue weighted by molar-refractivity contribution is 0.0696. The van der Waals surface area contributed by atoms with E-state index < -0.39 is 22.0 Å². The van der Waals surface area contributed by atoms with Crippen LogP contribution in [-0.2, 0) is 10.1 Å². The number of nitrogens with zero attached hydrogens (tertiary/aromatic N) is 1. The number of nitrogens with two attached hydrogens (primary N) is 1. The second-order valence-corrected chi connectivity index (χ2v) is 3.92. The molecule has 1 rings (SSSR count). The molecule has 0 aromatic carbocycles. The quantitative estimate of drug-likeness (QED) is 0.306. The predicted molar refractivity (Wildman–Crippen MR) is 54.9 cm³/mol. The summed E-state index contributed by atoms with van der Waals surface area (Å²) in [5.74, 6) is 3.00. The Hall–Kier alpha value is -1.55. The highest BCUT2D eigenvalue weighted by molar-refractivity contribution is 7.85. The van der Waals surface area contributed by atoms with Crippen LogP contribution in [0.5, 0.6) is 0 Å². The molecule has 0 saturated heterocycles. The van der Waals surface area contributed by atoms with Gasteiger partial charge in [-0.3, -0.25) is 15.4 Å². The van der Waals surface area contributed by atoms with Crippen LogP contribution in [0.1, 0.15) is 10.4 Å². The molecule has 1 aromatic rings. The molecule has 0 fully saturated rings. The predicted octanol–water partition coefficient (Wildman–Crippen LogP) is -0.925. The van der Waals surface area contributed by atoms with E-state index in [0.29, 0.717) is 0 Å². The third-order valence-electron chi connectivity index (χ3n) is 1.19. The van der Waals surface area contributed by atoms with Crippen molar-refractivity contribution in [2.24, 2.45) is 5.84 Å². The van der Waals surface area contributed by atoms with Crippen LogP contribution in [0.25, 0.3) is 0 Å². The van der Waals surface area contributed by atoms with Crippen molar-refractivity contribution in [2.75, 3.05) is 5.88 Å². The molecule has 90 valence electrons. The van der Waals surface area contributed by atoms with Gasteiger partial charge >= 0.3 is 5.97 Å². The van der Waals surface area contributed by atoms with Crippen LogP contribution in [0.3, 0.4) is 0 Å². The van der Waals surface area contributed by atoms with Gasteiger partial charge in [-0.25, -0.2) is 10.2 Å². The van der Waals surface area contributed by atoms with Gasteiger partial charge in [-0.15, -0.1) is 0 Å². The Morgan fingerprint density at radius 2 is 1.94 bits per heavy atom. The summed E-state index contributed by atoms with van der Waals surface area (Å²) in [4.78, 5) is 13.8. The first-order valence-corrected chi connectivity index (χ1v) is 5.49. The molecule has 0 bridgehead atoms. The molecule has 0 radical (unpaired) electrons. The van der Waals surface area contributed by atoms with Crippen LogP contribution < -0.4 is 11.3 Å². The lowest BCUT2D eigenvalue weighted by atomic mass is 10.3. The number of hydrazine groups is 1. The van der Waals surface area contributed by atoms with Gasteiger partial charge in [-0.1, -0.05) is 0 Å². The summed E-state index contributed by atoms with van der Waals surface area (Å²) in [6.45, 7) is 0. The van der Waals surface area contributed by atoms with E-state index >= 15 is 0 Å². The summed E-state index contributed by atoms with van der Waals surface area (Å²) in [5.41, 5.74) is 2.04. The molecule has 0 spiro atoms. The minimum Gasteiger partial charge on any atom is -0.478 e. The highest BCUT2D eigenvalue weighted by Gasteiger charge is 1.98. The number of pyridine rings is 1. The molecule has 0 aliphatic carbocycles. The van der Waals surface area contributed by atoms with Gasteiger partial charge in [-0.2, -0.15) is 8.42 Å². The average molecular weight is 249 g/mol. The Bertz CT molecular complexity index is 419. The molecule has 5 N–H and O–H groups in total. The molecular formula is C7H11N3O5S. The number of rotatable bonds is 3. The molecule has 16 heavy (non-hydrogen) atoms. The largest absolute Gasteiger partial charge is 0.478 e. The summed E-state index contributed by atoms with van der Waals surface area (Å²) >= 11 is 0. The van der Waals surface area contributed by atoms with Crippen molar-refractivity contribution in [3.63, 3.8) is 0 Å². The molecule has 1 aromatic heterocycles. The Balaban J connectivity index is 0.000000293. The lowest BCUT2D eigenvalue weighted by Crippen LogP contribution is -2.28. The monoisotopic (exact) mass is 249 g/mol. The number of hydrogen-bond donors (Lipinski definition) is 4. The summed E-state index contributed by atoms with van der Waals surface area (Å²) < 4.78 is 27.1. The van der Waals surface area contributed by atoms with E-state index in [1.807, 2.05) is 0 Å². The average Bonchev–Trinajstić information content (AvgIpc) is 2.18. The number of carboxylic acids is 1. The number of carbonyl (C=O) groups is 1. The second-order valence-electron chi connectivity index (χ2n) is 2.47. The van der Waals surface area contributed by atoms with E-state index in [0.717, 1.165) is 0 Å². The van der Waals surface area contributed by atoms with Crippen LogP contribution in [0.15, 0.2) is 24.5 Å². The topological polar surface area (TPSA) is 143 Å². The summed E-state index contributed by atoms with van der Waals surface area (Å²) in [6.07, 6.45) is 2.90. The Labute approximate surface area is 91.8 Å². The number of nitrogens with one attached hydrogen (secondary N) is 1. The summed E-state index contributed by atoms with van der Waals surface area (Å²) in [7, 11) is -3.91. The molecule has 1 heterocycles. The molecule has 0 unspecified atom stereocenters. The van der Waals surface area contributed by atoms with E-state index in [1.165, 1.54) is 24.5 Å². The fourth-order valence-corrected chi connectivity index (χ4v) is 0.810. The standard InChI is InChI=1S/C6H5NO2.CH6N2O3S/c8-6(9)5-1-3-7-4-2-5;2-3-1-7(4,5)6/h1-4H,(H,8,9);3H,1-2H2,(H,4,5,6). The van der Waals surface area contributed by atoms with Gasteiger partial charge in [0.2, 0.25) is 0 Å². The zero-order valence-electron chi connectivity index (χ0n) is 8.07. The molecule has 0 aliphatic heterocycles. The van der Waals surface area contributed by atoms with Crippen molar-refractivity contribution in [3.05, 3.63) is 30.1 Å². The fourth-order valence-electron chi connectivity index (χ4n) is 0.600. The van der Waals surface area contributed by atoms with Crippen LogP contribution in [0, 0.1) is 0 Å². The van der Waals surface area contributed by atoms with Crippen LogP contribution in [0.2, 0.25) is 0 Å². The third-order valence-corrected chi connectivity index (χ3v) is 1.72. The smallest absolute Gasteiger partial charge is 0.335 e. The second kappa shape index (κ2) is 6.85. The Morgan fingerprint density at radius 1 is 1.44 bits per heavy atom. The van der Waals surface area contributed by atoms with Gasteiger partial charge in [0, 0.05) is 12.4 Å². The minimum absolute atomic E-state index is 0.269. The normalized spacial score (nSPS) is 10.1. The van der Waals surface area contributed by atoms with Crippen molar-refractivity contribution >= 4 is 16.1 Å². The molecule has 0 amide bonds. The number of aromatic carboxylic acids is 1. The van der Waals surface area contributed by atoms with E-state index in [2.05, 4.69) is 10.8 Å². The first kappa shape index (κ1) is 14.5. The maximum absolute atomic E-state index is 10.2. The van der Waals surface area contributed by atoms with Crippen molar-refractivity contribution < 1.29 is 22.9 Å². The Kier molecular flexibility index (Phi) is 6.18.